The fraction of sp³-hybridized carbons (Fsp3) is 0.412. The minimum absolute atomic E-state index is 0.0125. The van der Waals surface area contributed by atoms with Gasteiger partial charge in [-0.15, -0.1) is 0 Å². The molecule has 3 aliphatic heterocycles. The van der Waals surface area contributed by atoms with E-state index in [0.29, 0.717) is 122 Å². The molecule has 35 heteroatoms. The number of nitrogens with two attached hydrogens (primary N) is 3. The van der Waals surface area contributed by atoms with Crippen molar-refractivity contribution in [1.82, 2.24) is 58.8 Å². The van der Waals surface area contributed by atoms with Gasteiger partial charge in [-0.1, -0.05) is 47.6 Å². The number of nitrogens with zero attached hydrogens (tertiary/aromatic N) is 12. The largest absolute Gasteiger partial charge is 0.491 e. The second-order valence-corrected chi connectivity index (χ2v) is 36.7. The Morgan fingerprint density at radius 3 is 1.50 bits per heavy atom. The highest BCUT2D eigenvalue weighted by Crippen LogP contribution is 2.42. The molecule has 31 nitrogen and oxygen atoms in total. The molecule has 0 aliphatic carbocycles. The number of halogens is 1. The average molecular weight is 1640 g/mol. The summed E-state index contributed by atoms with van der Waals surface area (Å²) < 4.78 is 122. The molecule has 0 saturated carbocycles. The van der Waals surface area contributed by atoms with Gasteiger partial charge in [0.2, 0.25) is 5.88 Å². The van der Waals surface area contributed by atoms with Crippen LogP contribution in [0.15, 0.2) is 149 Å². The summed E-state index contributed by atoms with van der Waals surface area (Å²) in [6.45, 7) is 34.9. The van der Waals surface area contributed by atoms with Gasteiger partial charge in [0, 0.05) is 78.1 Å². The van der Waals surface area contributed by atoms with Crippen molar-refractivity contribution >= 4 is 82.7 Å². The molecule has 11 heterocycles. The number of pyridine rings is 7. The van der Waals surface area contributed by atoms with E-state index in [1.54, 1.807) is 66.6 Å². The lowest BCUT2D eigenvalue weighted by molar-refractivity contribution is 0.0972. The Balaban J connectivity index is 0.000000182. The Bertz CT molecular complexity index is 5430. The lowest BCUT2D eigenvalue weighted by Crippen LogP contribution is -2.41. The summed E-state index contributed by atoms with van der Waals surface area (Å²) in [7, 11) is -12.8. The predicted molar refractivity (Wildman–Crippen MR) is 437 cm³/mol. The zero-order valence-corrected chi connectivity index (χ0v) is 69.7. The third-order valence-electron chi connectivity index (χ3n) is 19.2. The molecule has 9 aromatic rings. The van der Waals surface area contributed by atoms with Gasteiger partial charge in [0.1, 0.15) is 51.3 Å². The molecule has 3 fully saturated rings. The molecule has 3 saturated heterocycles. The first-order valence-electron chi connectivity index (χ1n) is 37.5. The van der Waals surface area contributed by atoms with E-state index in [1.165, 1.54) is 73.1 Å². The summed E-state index contributed by atoms with van der Waals surface area (Å²) in [5.74, 6) is 0.438. The number of sulfonamides is 3. The first kappa shape index (κ1) is 86.2. The van der Waals surface area contributed by atoms with Gasteiger partial charge in [0.15, 0.2) is 28.2 Å². The third-order valence-corrected chi connectivity index (χ3v) is 23.2. The van der Waals surface area contributed by atoms with Gasteiger partial charge in [-0.3, -0.25) is 14.4 Å². The van der Waals surface area contributed by atoms with Crippen LogP contribution in [0.25, 0.3) is 28.3 Å². The lowest BCUT2D eigenvalue weighted by Gasteiger charge is -2.34. The van der Waals surface area contributed by atoms with Crippen LogP contribution in [0.3, 0.4) is 0 Å². The number of anilines is 6. The number of benzene rings is 1. The second-order valence-electron chi connectivity index (χ2n) is 31.8. The van der Waals surface area contributed by atoms with Crippen LogP contribution in [-0.4, -0.2) is 157 Å². The molecule has 115 heavy (non-hydrogen) atoms. The summed E-state index contributed by atoms with van der Waals surface area (Å²) >= 11 is 0. The Labute approximate surface area is 671 Å². The van der Waals surface area contributed by atoms with E-state index in [1.807, 2.05) is 43.6 Å². The number of hydrogen-bond acceptors (Lipinski definition) is 27. The first-order valence-corrected chi connectivity index (χ1v) is 41.9. The number of rotatable bonds is 24. The van der Waals surface area contributed by atoms with Gasteiger partial charge >= 0.3 is 0 Å². The quantitative estimate of drug-likeness (QED) is 0.0306. The normalized spacial score (nSPS) is 17.0. The second kappa shape index (κ2) is 34.9. The third kappa shape index (κ3) is 20.9. The molecule has 0 bridgehead atoms. The lowest BCUT2D eigenvalue weighted by atomic mass is 9.97. The maximum absolute atomic E-state index is 14.6. The van der Waals surface area contributed by atoms with Gasteiger partial charge < -0.3 is 50.8 Å². The van der Waals surface area contributed by atoms with Crippen molar-refractivity contribution in [2.45, 2.75) is 155 Å². The van der Waals surface area contributed by atoms with Gasteiger partial charge in [-0.05, 0) is 202 Å². The summed E-state index contributed by atoms with van der Waals surface area (Å²) in [4.78, 5) is 76.0. The summed E-state index contributed by atoms with van der Waals surface area (Å²) in [6, 6.07) is 25.6. The summed E-state index contributed by atoms with van der Waals surface area (Å²) in [5, 5.41) is 4.04. The molecule has 614 valence electrons. The minimum Gasteiger partial charge on any atom is -0.491 e. The van der Waals surface area contributed by atoms with Crippen molar-refractivity contribution in [3.63, 3.8) is 0 Å². The fourth-order valence-electron chi connectivity index (χ4n) is 14.3. The van der Waals surface area contributed by atoms with Crippen LogP contribution in [0, 0.1) is 35.9 Å². The Morgan fingerprint density at radius 2 is 1.05 bits per heavy atom. The smallest absolute Gasteiger partial charge is 0.281 e. The Morgan fingerprint density at radius 1 is 0.557 bits per heavy atom. The van der Waals surface area contributed by atoms with Crippen LogP contribution in [0.1, 0.15) is 153 Å². The van der Waals surface area contributed by atoms with Crippen LogP contribution in [0.4, 0.5) is 39.3 Å². The van der Waals surface area contributed by atoms with Crippen molar-refractivity contribution in [3.8, 4) is 45.7 Å². The molecule has 0 spiro atoms. The zero-order chi connectivity index (χ0) is 83.9. The van der Waals surface area contributed by atoms with Gasteiger partial charge in [-0.25, -0.2) is 75.0 Å². The van der Waals surface area contributed by atoms with Crippen LogP contribution in [0.2, 0.25) is 0 Å². The van der Waals surface area contributed by atoms with Crippen molar-refractivity contribution in [2.24, 2.45) is 23.2 Å². The van der Waals surface area contributed by atoms with Crippen LogP contribution < -0.4 is 60.3 Å². The molecule has 1 aromatic carbocycles. The van der Waals surface area contributed by atoms with E-state index in [2.05, 4.69) is 113 Å². The molecular formula is C80H101FN18O13S3. The molecule has 3 atom stereocenters. The summed E-state index contributed by atoms with van der Waals surface area (Å²) in [6.07, 6.45) is 10.4. The van der Waals surface area contributed by atoms with Gasteiger partial charge in [0.05, 0.1) is 60.3 Å². The number of carbonyl (C=O) groups is 3. The van der Waals surface area contributed by atoms with Gasteiger partial charge in [-0.2, -0.15) is 13.5 Å². The van der Waals surface area contributed by atoms with E-state index < -0.39 is 53.6 Å². The summed E-state index contributed by atoms with van der Waals surface area (Å²) in [5.41, 5.74) is 19.6. The number of nitrogen functional groups attached to an aromatic ring is 3. The number of hydrogen-bond donors (Lipinski definition) is 6. The maximum Gasteiger partial charge on any atom is 0.281 e. The van der Waals surface area contributed by atoms with Crippen LogP contribution in [-0.2, 0) is 34.8 Å². The molecule has 12 rings (SSSR count). The highest BCUT2D eigenvalue weighted by Gasteiger charge is 2.43. The first-order chi connectivity index (χ1) is 54.0. The molecule has 3 amide bonds. The number of ether oxygens (including phenoxy) is 4. The Hall–Kier alpha value is -11.2. The zero-order valence-electron chi connectivity index (χ0n) is 67.2. The van der Waals surface area contributed by atoms with Crippen LogP contribution in [0.5, 0.6) is 17.4 Å². The minimum atomic E-state index is -4.29. The maximum atomic E-state index is 14.6. The van der Waals surface area contributed by atoms with Crippen molar-refractivity contribution < 1.29 is 63.0 Å². The molecule has 0 unspecified atom stereocenters. The van der Waals surface area contributed by atoms with Gasteiger partial charge in [0.25, 0.3) is 47.8 Å². The number of amides is 3. The van der Waals surface area contributed by atoms with Crippen molar-refractivity contribution in [2.75, 3.05) is 84.6 Å². The standard InChI is InChI=1S/C28H36N6O5S.C26H30FN5O4S.C26H35N7O4S/c1-6-38-12-13-39-27-19(3)14-20(16-30-27)22-11-10-21(25(31-22)34-17-18(2)15-28(34,4)5)26(35)33-40(36,37)24-9-7-8-23(29)32-24;1-5-36-21-11-8-17(13-19(21)27)20-10-9-18(24(30-20)32-15-16(2)14-26(32,3)4)25(33)31-37(34,35)22-7-6-12-29-23(22)28;1-17-12-26(5,6)32(14-17)23-19(24(34)31-38(35,36)20-8-7-11-28-22(20)27)9-10-21(30-23)33-15-18(13-29-33)37-16-25(2,3)4/h7-11,14,16,18H,6,12-13,15,17H2,1-5H3,(H2,29,32)(H,33,35);6-13,16H,5,14-15H2,1-4H3,(H2,28,29)(H,31,33);7-11,13,15,17H,12,14,16H2,1-6H3,(H2,27,28)(H,31,34)/t18-;16-;17-/m000/s1. The van der Waals surface area contributed by atoms with E-state index >= 15 is 0 Å². The highest BCUT2D eigenvalue weighted by molar-refractivity contribution is 7.90. The number of aromatic nitrogens is 9. The number of nitrogens with one attached hydrogen (secondary N) is 3. The van der Waals surface area contributed by atoms with E-state index in [0.717, 1.165) is 30.4 Å². The van der Waals surface area contributed by atoms with E-state index in [4.69, 9.17) is 51.1 Å². The topological polar surface area (TPSA) is 422 Å². The monoisotopic (exact) mass is 1640 g/mol. The van der Waals surface area contributed by atoms with Crippen LogP contribution >= 0.6 is 0 Å². The average Bonchev–Trinajstić information content (AvgIpc) is 1.71. The van der Waals surface area contributed by atoms with E-state index in [-0.39, 0.29) is 76.7 Å². The predicted octanol–water partition coefficient (Wildman–Crippen LogP) is 11.0. The SMILES string of the molecule is CCOCCOc1ncc(-c2ccc(C(=O)NS(=O)(=O)c3cccc(N)n3)c(N3C[C@@H](C)CC3(C)C)n2)cc1C.CCOc1ccc(-c2ccc(C(=O)NS(=O)(=O)c3cccnc3N)c(N3C[C@@H](C)CC3(C)C)n2)cc1F.C[C@@H]1CN(c2nc(-n3cc(OCC(C)(C)C)cn3)ccc2C(=O)NS(=O)(=O)c2cccnc2N)C(C)(C)C1. The molecule has 0 radical (unpaired) electrons. The molecule has 3 aliphatic rings. The van der Waals surface area contributed by atoms with Crippen molar-refractivity contribution in [1.29, 1.82) is 0 Å². The molecule has 8 aromatic heterocycles. The number of aryl methyl sites for hydroxylation is 1. The molecular weight excluding hydrogens is 1540 g/mol. The highest BCUT2D eigenvalue weighted by atomic mass is 32.2. The van der Waals surface area contributed by atoms with E-state index in [9.17, 15) is 44.0 Å². The Kier molecular flexibility index (Phi) is 26.2. The van der Waals surface area contributed by atoms with Crippen molar-refractivity contribution in [3.05, 3.63) is 162 Å². The fourth-order valence-corrected chi connectivity index (χ4v) is 17.3. The molecule has 9 N–H and O–H groups in total. The number of carbonyl (C=O) groups excluding carboxylic acids is 3.